The predicted octanol–water partition coefficient (Wildman–Crippen LogP) is 3.19. The molecular formula is C43H54ClN4O8+. The molecule has 4 rings (SSSR count). The Bertz CT molecular complexity index is 1840. The molecule has 0 bridgehead atoms. The van der Waals surface area contributed by atoms with Crippen LogP contribution in [0.2, 0.25) is 0 Å². The Balaban J connectivity index is 0.000000382. The van der Waals surface area contributed by atoms with Gasteiger partial charge in [0.2, 0.25) is 0 Å². The second-order valence-corrected chi connectivity index (χ2v) is 13.9. The maximum atomic E-state index is 12.3. The van der Waals surface area contributed by atoms with Crippen LogP contribution in [0, 0.1) is 11.8 Å². The van der Waals surface area contributed by atoms with Gasteiger partial charge in [-0.1, -0.05) is 81.4 Å². The summed E-state index contributed by atoms with van der Waals surface area (Å²) in [7, 11) is 1.29. The van der Waals surface area contributed by atoms with E-state index >= 15 is 0 Å². The van der Waals surface area contributed by atoms with E-state index in [1.54, 1.807) is 65.1 Å². The fraction of sp³-hybridized carbons (Fsp3) is 0.372. The van der Waals surface area contributed by atoms with E-state index in [2.05, 4.69) is 15.4 Å². The highest BCUT2D eigenvalue weighted by Gasteiger charge is 2.21. The van der Waals surface area contributed by atoms with E-state index in [0.29, 0.717) is 29.9 Å². The molecule has 0 aliphatic heterocycles. The minimum atomic E-state index is -0.531. The third-order valence-electron chi connectivity index (χ3n) is 8.24. The largest absolute Gasteiger partial charge is 1.00 e. The molecule has 2 amide bonds. The van der Waals surface area contributed by atoms with Gasteiger partial charge in [-0.15, -0.1) is 0 Å². The number of aromatic nitrogens is 2. The number of pyridine rings is 2. The Morgan fingerprint density at radius 2 is 1.00 bits per heavy atom. The number of ketones is 2. The number of amides is 2. The maximum absolute atomic E-state index is 12.3. The Morgan fingerprint density at radius 3 is 1.39 bits per heavy atom. The number of esters is 1. The molecule has 12 nitrogen and oxygen atoms in total. The third-order valence-corrected chi connectivity index (χ3v) is 8.24. The van der Waals surface area contributed by atoms with Crippen molar-refractivity contribution in [2.24, 2.45) is 11.8 Å². The van der Waals surface area contributed by atoms with E-state index in [-0.39, 0.29) is 55.9 Å². The summed E-state index contributed by atoms with van der Waals surface area (Å²) >= 11 is 0. The molecule has 0 saturated carbocycles. The van der Waals surface area contributed by atoms with Gasteiger partial charge in [0.1, 0.15) is 0 Å². The van der Waals surface area contributed by atoms with Crippen molar-refractivity contribution in [2.75, 3.05) is 7.11 Å². The molecule has 0 aliphatic carbocycles. The number of hydrogen-bond acceptors (Lipinski definition) is 8. The minimum absolute atomic E-state index is 0. The van der Waals surface area contributed by atoms with Crippen molar-refractivity contribution in [2.45, 2.75) is 85.8 Å². The summed E-state index contributed by atoms with van der Waals surface area (Å²) in [6.07, 6.45) is 7.76. The number of ether oxygens (including phenoxy) is 3. The Labute approximate surface area is 336 Å². The number of benzene rings is 2. The highest BCUT2D eigenvalue weighted by Crippen LogP contribution is 2.11. The van der Waals surface area contributed by atoms with Crippen molar-refractivity contribution in [3.05, 3.63) is 132 Å². The monoisotopic (exact) mass is 789 g/mol. The molecule has 300 valence electrons. The molecule has 0 spiro atoms. The lowest BCUT2D eigenvalue weighted by molar-refractivity contribution is -0.727. The number of halogens is 1. The van der Waals surface area contributed by atoms with E-state index in [9.17, 15) is 24.0 Å². The fourth-order valence-electron chi connectivity index (χ4n) is 5.49. The average Bonchev–Trinajstić information content (AvgIpc) is 3.16. The van der Waals surface area contributed by atoms with Crippen LogP contribution >= 0.6 is 0 Å². The number of methoxy groups -OCH3 is 1. The summed E-state index contributed by atoms with van der Waals surface area (Å²) in [4.78, 5) is 59.9. The molecule has 2 aromatic carbocycles. The average molecular weight is 790 g/mol. The molecule has 56 heavy (non-hydrogen) atoms. The van der Waals surface area contributed by atoms with Gasteiger partial charge in [0, 0.05) is 37.1 Å². The molecule has 13 heteroatoms. The molecule has 2 heterocycles. The first-order chi connectivity index (χ1) is 26.3. The number of carbonyl (C=O) groups excluding carboxylic acids is 5. The number of carbonyl (C=O) groups is 5. The van der Waals surface area contributed by atoms with Crippen LogP contribution in [0.1, 0.15) is 79.3 Å². The third kappa shape index (κ3) is 17.7. The van der Waals surface area contributed by atoms with Crippen molar-refractivity contribution >= 4 is 29.7 Å². The van der Waals surface area contributed by atoms with Gasteiger partial charge in [0.05, 0.1) is 24.2 Å². The van der Waals surface area contributed by atoms with E-state index < -0.39 is 24.1 Å². The van der Waals surface area contributed by atoms with Gasteiger partial charge in [-0.05, 0) is 55.9 Å². The molecule has 3 atom stereocenters. The van der Waals surface area contributed by atoms with Gasteiger partial charge in [-0.3, -0.25) is 14.4 Å². The van der Waals surface area contributed by atoms with Crippen molar-refractivity contribution < 1.29 is 59.7 Å². The molecule has 2 N–H and O–H groups in total. The molecular weight excluding hydrogens is 736 g/mol. The normalized spacial score (nSPS) is 12.0. The number of rotatable bonds is 17. The minimum Gasteiger partial charge on any atom is -1.00 e. The predicted molar refractivity (Wildman–Crippen MR) is 206 cm³/mol. The van der Waals surface area contributed by atoms with Crippen LogP contribution in [-0.2, 0) is 45.3 Å². The number of alkyl carbamates (subject to hydrolysis) is 2. The zero-order valence-electron chi connectivity index (χ0n) is 33.0. The first-order valence-electron chi connectivity index (χ1n) is 18.4. The molecule has 4 aromatic rings. The van der Waals surface area contributed by atoms with Crippen LogP contribution in [0.25, 0.3) is 0 Å². The zero-order valence-corrected chi connectivity index (χ0v) is 33.7. The fourth-order valence-corrected chi connectivity index (χ4v) is 5.49. The van der Waals surface area contributed by atoms with Gasteiger partial charge in [0.15, 0.2) is 36.4 Å². The molecule has 0 aliphatic rings. The summed E-state index contributed by atoms with van der Waals surface area (Å²) in [6, 6.07) is 26.6. The van der Waals surface area contributed by atoms with Crippen LogP contribution in [0.3, 0.4) is 0 Å². The van der Waals surface area contributed by atoms with Crippen LogP contribution in [0.4, 0.5) is 9.59 Å². The summed E-state index contributed by atoms with van der Waals surface area (Å²) in [5.41, 5.74) is 3.35. The van der Waals surface area contributed by atoms with Gasteiger partial charge in [-0.25, -0.2) is 9.59 Å². The molecule has 0 saturated heterocycles. The lowest BCUT2D eigenvalue weighted by Gasteiger charge is -2.13. The number of nitrogens with one attached hydrogen (secondary N) is 2. The molecule has 0 unspecified atom stereocenters. The van der Waals surface area contributed by atoms with Gasteiger partial charge in [0.25, 0.3) is 13.5 Å². The molecule has 0 fully saturated rings. The quantitative estimate of drug-likeness (QED) is 0.0719. The Morgan fingerprint density at radius 1 is 0.589 bits per heavy atom. The molecule has 2 aromatic heterocycles. The van der Waals surface area contributed by atoms with Crippen molar-refractivity contribution in [3.63, 3.8) is 0 Å². The summed E-state index contributed by atoms with van der Waals surface area (Å²) < 4.78 is 18.4. The second kappa shape index (κ2) is 24.7. The Hall–Kier alpha value is -5.62. The zero-order chi connectivity index (χ0) is 40.2. The van der Waals surface area contributed by atoms with Crippen LogP contribution in [-0.4, -0.2) is 48.9 Å². The molecule has 0 radical (unpaired) electrons. The van der Waals surface area contributed by atoms with E-state index in [1.807, 2.05) is 88.4 Å². The van der Waals surface area contributed by atoms with Gasteiger partial charge in [-0.2, -0.15) is 9.13 Å². The maximum Gasteiger partial charge on any atom is 0.412 e. The van der Waals surface area contributed by atoms with Crippen molar-refractivity contribution in [3.8, 4) is 0 Å². The van der Waals surface area contributed by atoms with Gasteiger partial charge >= 0.3 is 18.2 Å². The van der Waals surface area contributed by atoms with Crippen molar-refractivity contribution in [1.82, 2.24) is 10.6 Å². The van der Waals surface area contributed by atoms with Crippen LogP contribution < -0.4 is 32.2 Å². The number of nitrogens with zero attached hydrogens (tertiary/aromatic N) is 2. The first-order valence-corrected chi connectivity index (χ1v) is 18.4. The van der Waals surface area contributed by atoms with E-state index in [4.69, 9.17) is 9.47 Å². The lowest BCUT2D eigenvalue weighted by Crippen LogP contribution is -3.00. The highest BCUT2D eigenvalue weighted by atomic mass is 35.5. The van der Waals surface area contributed by atoms with Gasteiger partial charge < -0.3 is 37.3 Å². The highest BCUT2D eigenvalue weighted by molar-refractivity contribution is 5.97. The topological polar surface area (TPSA) is 145 Å². The second-order valence-electron chi connectivity index (χ2n) is 13.9. The van der Waals surface area contributed by atoms with E-state index in [1.165, 1.54) is 7.11 Å². The number of Topliss-reactive ketones (excluding diaryl/α,β-unsaturated/α-hetero) is 2. The lowest BCUT2D eigenvalue weighted by atomic mass is 10.0. The smallest absolute Gasteiger partial charge is 0.412 e. The van der Waals surface area contributed by atoms with Crippen molar-refractivity contribution in [1.29, 1.82) is 0 Å². The first kappa shape index (κ1) is 46.5. The summed E-state index contributed by atoms with van der Waals surface area (Å²) in [6.45, 7) is 9.54. The Kier molecular flexibility index (Phi) is 20.5. The van der Waals surface area contributed by atoms with Crippen LogP contribution in [0.15, 0.2) is 110 Å². The SMILES string of the molecule is CC(C)CC(=O)c1ccc[n+](COC(=O)N[C@@H](C)Cc2ccccc2)c1.COC(=O)[C@H](C)CC(=O)c1ccc[n+](COC(=O)N[C@@H](C)Cc2ccccc2)c1.[Cl-]. The van der Waals surface area contributed by atoms with Crippen LogP contribution in [0.5, 0.6) is 0 Å². The summed E-state index contributed by atoms with van der Waals surface area (Å²) in [5, 5.41) is 5.61. The van der Waals surface area contributed by atoms with E-state index in [0.717, 1.165) is 17.5 Å². The number of hydrogen-bond donors (Lipinski definition) is 2. The standard InChI is InChI=1S/C22H26N2O5.C21H26N2O3.ClH/c1-16(21(26)28-3)12-20(25)19-10-7-11-24(14-19)15-29-22(27)23-17(2)13-18-8-5-4-6-9-18;1-16(2)12-20(24)19-10-7-11-23(14-19)15-26-21(25)22-17(3)13-18-8-5-4-6-9-18;/h4-11,14,16-17H,12-13,15H2,1-3H3;4-11,14,16-17H,12-13,15H2,1-3H3;1H/p+1/t16-,17+;17-;/m10./s1. The summed E-state index contributed by atoms with van der Waals surface area (Å²) in [5.74, 6) is -0.723.